The first-order valence-electron chi connectivity index (χ1n) is 3.27. The average molecular weight is 166 g/mol. The Kier molecular flexibility index (Phi) is 6.38. The van der Waals surface area contributed by atoms with Gasteiger partial charge in [0.2, 0.25) is 0 Å². The molecular weight excluding hydrogens is 154 g/mol. The van der Waals surface area contributed by atoms with Gasteiger partial charge in [-0.3, -0.25) is 0 Å². The first kappa shape index (κ1) is 9.56. The van der Waals surface area contributed by atoms with E-state index in [0.29, 0.717) is 6.61 Å². The quantitative estimate of drug-likeness (QED) is 0.391. The number of carbonyl (C=O) groups is 1. The van der Waals surface area contributed by atoms with Crippen molar-refractivity contribution in [2.24, 2.45) is 0 Å². The Morgan fingerprint density at radius 3 is 2.90 bits per heavy atom. The van der Waals surface area contributed by atoms with Crippen molar-refractivity contribution in [3.05, 3.63) is 0 Å². The van der Waals surface area contributed by atoms with Crippen LogP contribution < -0.4 is 5.32 Å². The summed E-state index contributed by atoms with van der Waals surface area (Å²) in [4.78, 5) is 10.5. The van der Waals surface area contributed by atoms with Crippen molar-refractivity contribution in [3.63, 3.8) is 0 Å². The van der Waals surface area contributed by atoms with Crippen LogP contribution in [0.1, 0.15) is 19.8 Å². The summed E-state index contributed by atoms with van der Waals surface area (Å²) in [6.45, 7) is 2.50. The van der Waals surface area contributed by atoms with Gasteiger partial charge in [-0.15, -0.1) is 11.6 Å². The Bertz CT molecular complexity index is 97.7. The number of rotatable bonds is 4. The molecule has 0 aliphatic carbocycles. The fraction of sp³-hybridized carbons (Fsp3) is 0.833. The van der Waals surface area contributed by atoms with Crippen molar-refractivity contribution in [1.82, 2.24) is 5.32 Å². The molecule has 0 aromatic carbocycles. The highest BCUT2D eigenvalue weighted by Gasteiger charge is 1.96. The van der Waals surface area contributed by atoms with Gasteiger partial charge in [-0.1, -0.05) is 13.3 Å². The normalized spacial score (nSPS) is 9.00. The third-order valence-corrected chi connectivity index (χ3v) is 1.08. The van der Waals surface area contributed by atoms with Gasteiger partial charge in [-0.25, -0.2) is 4.79 Å². The van der Waals surface area contributed by atoms with Gasteiger partial charge in [0.15, 0.2) is 0 Å². The molecule has 0 fully saturated rings. The number of ether oxygens (including phenoxy) is 1. The van der Waals surface area contributed by atoms with Crippen molar-refractivity contribution in [1.29, 1.82) is 0 Å². The Morgan fingerprint density at radius 2 is 2.40 bits per heavy atom. The topological polar surface area (TPSA) is 38.3 Å². The molecule has 0 aliphatic heterocycles. The lowest BCUT2D eigenvalue weighted by molar-refractivity contribution is 0.146. The van der Waals surface area contributed by atoms with Crippen molar-refractivity contribution in [2.75, 3.05) is 12.6 Å². The molecule has 0 aliphatic rings. The standard InChI is InChI=1S/C6H12ClNO2/c1-2-3-4-10-6(9)8-5-7/h2-5H2,1H3,(H,8,9). The second-order valence-electron chi connectivity index (χ2n) is 1.80. The highest BCUT2D eigenvalue weighted by atomic mass is 35.5. The number of alkyl halides is 1. The monoisotopic (exact) mass is 165 g/mol. The molecule has 0 rings (SSSR count). The van der Waals surface area contributed by atoms with Crippen LogP contribution in [0.4, 0.5) is 4.79 Å². The minimum Gasteiger partial charge on any atom is -0.450 e. The van der Waals surface area contributed by atoms with Crippen LogP contribution in [-0.4, -0.2) is 18.7 Å². The summed E-state index contributed by atoms with van der Waals surface area (Å²) in [6, 6.07) is 0.102. The van der Waals surface area contributed by atoms with Crippen molar-refractivity contribution in [2.45, 2.75) is 19.8 Å². The number of unbranched alkanes of at least 4 members (excludes halogenated alkanes) is 1. The molecule has 0 aromatic rings. The summed E-state index contributed by atoms with van der Waals surface area (Å²) in [5, 5.41) is 2.31. The van der Waals surface area contributed by atoms with Crippen LogP contribution in [0.2, 0.25) is 0 Å². The van der Waals surface area contributed by atoms with Crippen LogP contribution in [0.15, 0.2) is 0 Å². The Balaban J connectivity index is 3.05. The fourth-order valence-corrected chi connectivity index (χ4v) is 0.524. The summed E-state index contributed by atoms with van der Waals surface area (Å²) < 4.78 is 4.69. The van der Waals surface area contributed by atoms with E-state index in [9.17, 15) is 4.79 Å². The maximum atomic E-state index is 10.5. The number of halogens is 1. The van der Waals surface area contributed by atoms with Crippen LogP contribution in [0, 0.1) is 0 Å². The van der Waals surface area contributed by atoms with E-state index in [2.05, 4.69) is 10.1 Å². The van der Waals surface area contributed by atoms with E-state index in [1.165, 1.54) is 0 Å². The van der Waals surface area contributed by atoms with Gasteiger partial charge in [0.25, 0.3) is 0 Å². The molecule has 0 aromatic heterocycles. The van der Waals surface area contributed by atoms with Gasteiger partial charge in [0.1, 0.15) is 0 Å². The molecule has 0 saturated heterocycles. The molecule has 1 N–H and O–H groups in total. The summed E-state index contributed by atoms with van der Waals surface area (Å²) >= 11 is 5.20. The molecule has 0 bridgehead atoms. The lowest BCUT2D eigenvalue weighted by atomic mass is 10.4. The van der Waals surface area contributed by atoms with E-state index in [0.717, 1.165) is 12.8 Å². The predicted molar refractivity (Wildman–Crippen MR) is 40.1 cm³/mol. The van der Waals surface area contributed by atoms with Gasteiger partial charge in [-0.2, -0.15) is 0 Å². The Labute approximate surface area is 65.7 Å². The largest absolute Gasteiger partial charge is 0.450 e. The van der Waals surface area contributed by atoms with E-state index in [4.69, 9.17) is 11.6 Å². The number of carbonyl (C=O) groups excluding carboxylic acids is 1. The van der Waals surface area contributed by atoms with Gasteiger partial charge in [-0.05, 0) is 6.42 Å². The molecule has 0 heterocycles. The van der Waals surface area contributed by atoms with E-state index in [-0.39, 0.29) is 6.00 Å². The van der Waals surface area contributed by atoms with E-state index in [1.807, 2.05) is 6.92 Å². The lowest BCUT2D eigenvalue weighted by Crippen LogP contribution is -2.22. The number of hydrogen-bond acceptors (Lipinski definition) is 2. The first-order valence-corrected chi connectivity index (χ1v) is 3.81. The van der Waals surface area contributed by atoms with Gasteiger partial charge >= 0.3 is 6.09 Å². The minimum atomic E-state index is -0.441. The molecular formula is C6H12ClNO2. The molecule has 1 amide bonds. The number of alkyl carbamates (subject to hydrolysis) is 1. The minimum absolute atomic E-state index is 0.102. The number of nitrogens with one attached hydrogen (secondary N) is 1. The van der Waals surface area contributed by atoms with Crippen LogP contribution in [0.3, 0.4) is 0 Å². The maximum Gasteiger partial charge on any atom is 0.408 e. The van der Waals surface area contributed by atoms with Crippen LogP contribution in [-0.2, 0) is 4.74 Å². The number of hydrogen-bond donors (Lipinski definition) is 1. The fourth-order valence-electron chi connectivity index (χ4n) is 0.415. The zero-order chi connectivity index (χ0) is 7.82. The average Bonchev–Trinajstić information content (AvgIpc) is 1.89. The SMILES string of the molecule is CCCCOC(=O)NCCl. The molecule has 10 heavy (non-hydrogen) atoms. The van der Waals surface area contributed by atoms with E-state index >= 15 is 0 Å². The highest BCUT2D eigenvalue weighted by molar-refractivity contribution is 6.18. The summed E-state index contributed by atoms with van der Waals surface area (Å²) in [7, 11) is 0. The van der Waals surface area contributed by atoms with Crippen LogP contribution in [0.5, 0.6) is 0 Å². The molecule has 0 spiro atoms. The first-order chi connectivity index (χ1) is 4.81. The molecule has 0 unspecified atom stereocenters. The third kappa shape index (κ3) is 5.69. The molecule has 0 radical (unpaired) electrons. The van der Waals surface area contributed by atoms with E-state index in [1.54, 1.807) is 0 Å². The summed E-state index contributed by atoms with van der Waals surface area (Å²) in [6.07, 6.45) is 1.48. The third-order valence-electron chi connectivity index (χ3n) is 0.942. The summed E-state index contributed by atoms with van der Waals surface area (Å²) in [5.41, 5.74) is 0. The van der Waals surface area contributed by atoms with Crippen LogP contribution >= 0.6 is 11.6 Å². The molecule has 4 heteroatoms. The smallest absolute Gasteiger partial charge is 0.408 e. The van der Waals surface area contributed by atoms with Gasteiger partial charge in [0, 0.05) is 0 Å². The second kappa shape index (κ2) is 6.68. The zero-order valence-corrected chi connectivity index (χ0v) is 6.78. The van der Waals surface area contributed by atoms with Crippen molar-refractivity contribution in [3.8, 4) is 0 Å². The Hall–Kier alpha value is -0.440. The van der Waals surface area contributed by atoms with Gasteiger partial charge in [0.05, 0.1) is 12.6 Å². The van der Waals surface area contributed by atoms with Crippen LogP contribution in [0.25, 0.3) is 0 Å². The molecule has 0 atom stereocenters. The second-order valence-corrected chi connectivity index (χ2v) is 2.07. The zero-order valence-electron chi connectivity index (χ0n) is 6.02. The predicted octanol–water partition coefficient (Wildman–Crippen LogP) is 1.71. The highest BCUT2D eigenvalue weighted by Crippen LogP contribution is 1.87. The van der Waals surface area contributed by atoms with Crippen molar-refractivity contribution < 1.29 is 9.53 Å². The number of amides is 1. The maximum absolute atomic E-state index is 10.5. The molecule has 60 valence electrons. The lowest BCUT2D eigenvalue weighted by Gasteiger charge is -2.01. The van der Waals surface area contributed by atoms with Crippen molar-refractivity contribution >= 4 is 17.7 Å². The van der Waals surface area contributed by atoms with Gasteiger partial charge < -0.3 is 10.1 Å². The van der Waals surface area contributed by atoms with E-state index < -0.39 is 6.09 Å². The molecule has 3 nitrogen and oxygen atoms in total. The summed E-state index contributed by atoms with van der Waals surface area (Å²) in [5.74, 6) is 0. The Morgan fingerprint density at radius 1 is 1.70 bits per heavy atom. The molecule has 0 saturated carbocycles.